The lowest BCUT2D eigenvalue weighted by Crippen LogP contribution is -2.49. The lowest BCUT2D eigenvalue weighted by Gasteiger charge is -2.39. The molecule has 1 fully saturated rings. The number of esters is 2. The van der Waals surface area contributed by atoms with Gasteiger partial charge in [-0.05, 0) is 88.3 Å². The predicted octanol–water partition coefficient (Wildman–Crippen LogP) is 2.58. The van der Waals surface area contributed by atoms with Crippen LogP contribution < -0.4 is 9.47 Å². The van der Waals surface area contributed by atoms with Gasteiger partial charge in [0.1, 0.15) is 5.76 Å². The fourth-order valence-electron chi connectivity index (χ4n) is 6.62. The van der Waals surface area contributed by atoms with Crippen molar-refractivity contribution in [2.75, 3.05) is 34.0 Å². The molecule has 1 aromatic carbocycles. The topological polar surface area (TPSA) is 124 Å². The Hall–Kier alpha value is -2.82. The Morgan fingerprint density at radius 1 is 1.21 bits per heavy atom. The van der Waals surface area contributed by atoms with E-state index in [0.29, 0.717) is 30.9 Å². The highest BCUT2D eigenvalue weighted by Crippen LogP contribution is 2.55. The van der Waals surface area contributed by atoms with Crippen LogP contribution in [0.5, 0.6) is 11.5 Å². The summed E-state index contributed by atoms with van der Waals surface area (Å²) in [5.41, 5.74) is -2.26. The Balaban J connectivity index is 1.55. The van der Waals surface area contributed by atoms with Gasteiger partial charge in [-0.1, -0.05) is 0 Å². The second kappa shape index (κ2) is 10.3. The van der Waals surface area contributed by atoms with Crippen LogP contribution in [0.1, 0.15) is 73.5 Å². The summed E-state index contributed by atoms with van der Waals surface area (Å²) in [4.78, 5) is 28.4. The van der Waals surface area contributed by atoms with Gasteiger partial charge >= 0.3 is 11.9 Å². The zero-order chi connectivity index (χ0) is 30.5. The highest BCUT2D eigenvalue weighted by molar-refractivity contribution is 5.86. The van der Waals surface area contributed by atoms with E-state index < -0.39 is 54.2 Å². The molecular weight excluding hydrogens is 507 g/mol. The number of benzene rings is 1. The standard InChI is InChI=1S/C29H39NO9/c1-27(2,33)8-5-10-29(34,16-23(31)36-4)26(32)39-25-22(35-3)15-28-9-6-11-30(28)12-7-18-13-20-21(38-17-37-20)14-19(18)24(25)28/h13-15,24-25,33-34H,5-12,16-17H2,1-4H3/t24-,25-,28+,29-/m1/s1/i3+1D3. The van der Waals surface area contributed by atoms with E-state index in [1.165, 1.54) is 0 Å². The van der Waals surface area contributed by atoms with Crippen LogP contribution in [0.15, 0.2) is 24.0 Å². The summed E-state index contributed by atoms with van der Waals surface area (Å²) >= 11 is 0. The first kappa shape index (κ1) is 24.0. The number of hydrogen-bond acceptors (Lipinski definition) is 10. The van der Waals surface area contributed by atoms with E-state index >= 15 is 0 Å². The molecular formula is C29H39NO9. The third-order valence-electron chi connectivity index (χ3n) is 8.50. The highest BCUT2D eigenvalue weighted by Gasteiger charge is 2.59. The number of hydrogen-bond donors (Lipinski definition) is 2. The first-order chi connectivity index (χ1) is 19.6. The molecule has 10 heteroatoms. The van der Waals surface area contributed by atoms with Gasteiger partial charge in [-0.2, -0.15) is 0 Å². The number of ether oxygens (including phenoxy) is 5. The first-order valence-corrected chi connectivity index (χ1v) is 13.5. The van der Waals surface area contributed by atoms with Crippen molar-refractivity contribution in [1.29, 1.82) is 0 Å². The van der Waals surface area contributed by atoms with E-state index in [0.717, 1.165) is 31.2 Å². The molecule has 1 aliphatic carbocycles. The van der Waals surface area contributed by atoms with Crippen molar-refractivity contribution in [3.63, 3.8) is 0 Å². The SMILES string of the molecule is [2H][13C]([2H])([2H])OC1=C[C@]23CCCN2CCc2cc4c(cc2[C@@H]3[C@@H]1OC(=O)[C@@](O)(CCCC(C)(C)O)CC(=O)OC)OCO4. The van der Waals surface area contributed by atoms with Crippen LogP contribution in [0.4, 0.5) is 0 Å². The van der Waals surface area contributed by atoms with Gasteiger partial charge in [0.15, 0.2) is 23.2 Å². The highest BCUT2D eigenvalue weighted by atomic mass is 16.7. The summed E-state index contributed by atoms with van der Waals surface area (Å²) in [5.74, 6) is -1.36. The summed E-state index contributed by atoms with van der Waals surface area (Å²) in [6.45, 7) is 4.74. The van der Waals surface area contributed by atoms with Gasteiger partial charge in [0.2, 0.25) is 6.79 Å². The summed E-state index contributed by atoms with van der Waals surface area (Å²) in [6.07, 6.45) is 2.36. The predicted molar refractivity (Wildman–Crippen MR) is 139 cm³/mol. The minimum Gasteiger partial charge on any atom is -0.497 e. The van der Waals surface area contributed by atoms with Crippen LogP contribution in [0.3, 0.4) is 0 Å². The minimum absolute atomic E-state index is 0.0253. The van der Waals surface area contributed by atoms with Gasteiger partial charge in [0.05, 0.1) is 41.7 Å². The first-order valence-electron chi connectivity index (χ1n) is 15.0. The number of carbonyl (C=O) groups is 2. The second-order valence-corrected chi connectivity index (χ2v) is 11.6. The van der Waals surface area contributed by atoms with E-state index in [1.807, 2.05) is 12.1 Å². The monoisotopic (exact) mass is 549 g/mol. The van der Waals surface area contributed by atoms with Gasteiger partial charge in [-0.15, -0.1) is 0 Å². The quantitative estimate of drug-likeness (QED) is 0.351. The Morgan fingerprint density at radius 3 is 2.69 bits per heavy atom. The van der Waals surface area contributed by atoms with Crippen LogP contribution in [-0.4, -0.2) is 83.9 Å². The van der Waals surface area contributed by atoms with Crippen LogP contribution >= 0.6 is 0 Å². The number of methoxy groups -OCH3 is 2. The Kier molecular flexibility index (Phi) is 6.34. The molecule has 5 rings (SSSR count). The molecule has 0 bridgehead atoms. The Morgan fingerprint density at radius 2 is 1.97 bits per heavy atom. The van der Waals surface area contributed by atoms with Gasteiger partial charge < -0.3 is 33.9 Å². The molecule has 0 amide bonds. The van der Waals surface area contributed by atoms with Crippen molar-refractivity contribution in [2.24, 2.45) is 0 Å². The molecule has 0 radical (unpaired) electrons. The maximum Gasteiger partial charge on any atom is 0.339 e. The molecule has 1 aromatic rings. The summed E-state index contributed by atoms with van der Waals surface area (Å²) in [6, 6.07) is 3.78. The molecule has 3 heterocycles. The third-order valence-corrected chi connectivity index (χ3v) is 8.50. The van der Waals surface area contributed by atoms with Crippen LogP contribution in [0.2, 0.25) is 0 Å². The van der Waals surface area contributed by atoms with Crippen molar-refractivity contribution in [3.8, 4) is 11.5 Å². The van der Waals surface area contributed by atoms with Crippen molar-refractivity contribution in [3.05, 3.63) is 35.1 Å². The number of nitrogens with zero attached hydrogens (tertiary/aromatic N) is 1. The molecule has 39 heavy (non-hydrogen) atoms. The molecule has 3 aliphatic heterocycles. The fourth-order valence-corrected chi connectivity index (χ4v) is 6.62. The Labute approximate surface area is 233 Å². The summed E-state index contributed by atoms with van der Waals surface area (Å²) in [7, 11) is -1.68. The maximum absolute atomic E-state index is 13.9. The van der Waals surface area contributed by atoms with E-state index in [2.05, 4.69) is 4.90 Å². The van der Waals surface area contributed by atoms with E-state index in [1.54, 1.807) is 19.9 Å². The van der Waals surface area contributed by atoms with Gasteiger partial charge in [0, 0.05) is 6.54 Å². The van der Waals surface area contributed by atoms with Crippen molar-refractivity contribution >= 4 is 11.9 Å². The normalized spacial score (nSPS) is 28.4. The van der Waals surface area contributed by atoms with Crippen LogP contribution in [0, 0.1) is 0 Å². The molecule has 0 aromatic heterocycles. The molecule has 0 unspecified atom stereocenters. The maximum atomic E-state index is 13.9. The molecule has 4 aliphatic rings. The lowest BCUT2D eigenvalue weighted by atomic mass is 9.77. The molecule has 1 spiro atoms. The van der Waals surface area contributed by atoms with Gasteiger partial charge in [0.25, 0.3) is 0 Å². The lowest BCUT2D eigenvalue weighted by molar-refractivity contribution is -0.178. The smallest absolute Gasteiger partial charge is 0.339 e. The largest absolute Gasteiger partial charge is 0.497 e. The number of fused-ring (bicyclic) bond motifs is 3. The van der Waals surface area contributed by atoms with Crippen LogP contribution in [0.25, 0.3) is 0 Å². The zero-order valence-corrected chi connectivity index (χ0v) is 22.7. The van der Waals surface area contributed by atoms with Crippen molar-refractivity contribution in [1.82, 2.24) is 4.90 Å². The van der Waals surface area contributed by atoms with Gasteiger partial charge in [-0.3, -0.25) is 9.69 Å². The molecule has 2 N–H and O–H groups in total. The number of carbonyl (C=O) groups excluding carboxylic acids is 2. The number of rotatable bonds is 9. The summed E-state index contributed by atoms with van der Waals surface area (Å²) in [5, 5.41) is 21.7. The van der Waals surface area contributed by atoms with Gasteiger partial charge in [-0.25, -0.2) is 4.79 Å². The molecule has 10 nitrogen and oxygen atoms in total. The van der Waals surface area contributed by atoms with Crippen molar-refractivity contribution in [2.45, 2.75) is 87.6 Å². The minimum atomic E-state index is -2.83. The molecule has 1 saturated heterocycles. The molecule has 0 saturated carbocycles. The average Bonchev–Trinajstić information content (AvgIpc) is 3.56. The Bertz CT molecular complexity index is 1260. The summed E-state index contributed by atoms with van der Waals surface area (Å²) < 4.78 is 51.1. The number of aliphatic hydroxyl groups is 2. The molecule has 214 valence electrons. The van der Waals surface area contributed by atoms with E-state index in [-0.39, 0.29) is 31.8 Å². The fraction of sp³-hybridized carbons (Fsp3) is 0.655. The third kappa shape index (κ3) is 5.10. The molecule has 4 atom stereocenters. The van der Waals surface area contributed by atoms with Crippen molar-refractivity contribution < 1.29 is 47.6 Å². The second-order valence-electron chi connectivity index (χ2n) is 11.6. The average molecular weight is 550 g/mol. The van der Waals surface area contributed by atoms with E-state index in [9.17, 15) is 19.8 Å². The van der Waals surface area contributed by atoms with Crippen LogP contribution in [-0.2, 0) is 30.2 Å². The van der Waals surface area contributed by atoms with E-state index in [4.69, 9.17) is 27.8 Å². The zero-order valence-electron chi connectivity index (χ0n) is 25.7.